The second-order valence-corrected chi connectivity index (χ2v) is 9.14. The molecule has 0 bridgehead atoms. The highest BCUT2D eigenvalue weighted by Crippen LogP contribution is 2.21. The molecule has 1 amide bonds. The quantitative estimate of drug-likeness (QED) is 0.747. The van der Waals surface area contributed by atoms with Crippen molar-refractivity contribution in [3.8, 4) is 0 Å². The van der Waals surface area contributed by atoms with Crippen LogP contribution < -0.4 is 5.32 Å². The molecule has 1 N–H and O–H groups in total. The summed E-state index contributed by atoms with van der Waals surface area (Å²) in [6, 6.07) is 21.1. The molecule has 0 radical (unpaired) electrons. The molecule has 0 aromatic heterocycles. The number of nitrogens with zero attached hydrogens (tertiary/aromatic N) is 3. The van der Waals surface area contributed by atoms with E-state index < -0.39 is 0 Å². The summed E-state index contributed by atoms with van der Waals surface area (Å²) in [4.78, 5) is 20.6. The molecule has 2 atom stereocenters. The van der Waals surface area contributed by atoms with Crippen LogP contribution in [-0.4, -0.2) is 73.5 Å². The molecule has 2 aromatic rings. The maximum Gasteiger partial charge on any atom is 0.224 e. The second-order valence-electron chi connectivity index (χ2n) is 9.14. The topological polar surface area (TPSA) is 38.8 Å². The number of hydrogen-bond donors (Lipinski definition) is 1. The van der Waals surface area contributed by atoms with Crippen LogP contribution in [-0.2, 0) is 11.3 Å². The van der Waals surface area contributed by atoms with E-state index in [1.807, 2.05) is 6.07 Å². The van der Waals surface area contributed by atoms with E-state index in [2.05, 4.69) is 81.7 Å². The third kappa shape index (κ3) is 6.39. The molecule has 5 nitrogen and oxygen atoms in total. The van der Waals surface area contributed by atoms with E-state index >= 15 is 0 Å². The molecule has 0 aliphatic carbocycles. The summed E-state index contributed by atoms with van der Waals surface area (Å²) in [6.07, 6.45) is 2.06. The Labute approximate surface area is 187 Å². The van der Waals surface area contributed by atoms with E-state index in [0.29, 0.717) is 0 Å². The molecule has 2 aromatic carbocycles. The van der Waals surface area contributed by atoms with E-state index in [9.17, 15) is 4.79 Å². The van der Waals surface area contributed by atoms with Crippen molar-refractivity contribution in [1.82, 2.24) is 20.0 Å². The molecule has 2 saturated heterocycles. The Morgan fingerprint density at radius 3 is 2.32 bits per heavy atom. The number of hydrogen-bond acceptors (Lipinski definition) is 4. The maximum atomic E-state index is 13.3. The summed E-state index contributed by atoms with van der Waals surface area (Å²) >= 11 is 0. The number of piperidine rings is 1. The number of amides is 1. The zero-order chi connectivity index (χ0) is 21.5. The van der Waals surface area contributed by atoms with E-state index in [0.717, 1.165) is 65.2 Å². The van der Waals surface area contributed by atoms with Crippen LogP contribution in [0.4, 0.5) is 0 Å². The summed E-state index contributed by atoms with van der Waals surface area (Å²) in [5.41, 5.74) is 2.52. The van der Waals surface area contributed by atoms with Gasteiger partial charge in [0.05, 0.1) is 12.0 Å². The maximum absolute atomic E-state index is 13.3. The predicted octanol–water partition coefficient (Wildman–Crippen LogP) is 3.00. The summed E-state index contributed by atoms with van der Waals surface area (Å²) in [5.74, 6) is 0.275. The van der Waals surface area contributed by atoms with Crippen LogP contribution in [0.3, 0.4) is 0 Å². The standard InChI is InChI=1S/C26H36N4O/c1-28-15-17-29(18-16-28)21-25(23-11-6-3-7-12-23)27-26(31)24-13-8-14-30(20-24)19-22-9-4-2-5-10-22/h2-7,9-12,24-25H,8,13-21H2,1H3,(H,27,31). The molecule has 2 unspecified atom stereocenters. The summed E-state index contributed by atoms with van der Waals surface area (Å²) in [6.45, 7) is 8.02. The first-order valence-corrected chi connectivity index (χ1v) is 11.7. The third-order valence-electron chi connectivity index (χ3n) is 6.68. The number of carbonyl (C=O) groups is 1. The number of rotatable bonds is 7. The van der Waals surface area contributed by atoms with Crippen molar-refractivity contribution in [2.75, 3.05) is 52.9 Å². The van der Waals surface area contributed by atoms with Crippen LogP contribution in [0.2, 0.25) is 0 Å². The molecular weight excluding hydrogens is 384 g/mol. The SMILES string of the molecule is CN1CCN(CC(NC(=O)C2CCCN(Cc3ccccc3)C2)c2ccccc2)CC1. The van der Waals surface area contributed by atoms with Crippen molar-refractivity contribution < 1.29 is 4.79 Å². The number of piperazine rings is 1. The minimum atomic E-state index is 0.0432. The number of likely N-dealkylation sites (tertiary alicyclic amines) is 1. The lowest BCUT2D eigenvalue weighted by Crippen LogP contribution is -2.49. The highest BCUT2D eigenvalue weighted by Gasteiger charge is 2.28. The first-order chi connectivity index (χ1) is 15.2. The molecule has 166 valence electrons. The number of carbonyl (C=O) groups excluding carboxylic acids is 1. The van der Waals surface area contributed by atoms with Gasteiger partial charge in [0.1, 0.15) is 0 Å². The van der Waals surface area contributed by atoms with Crippen LogP contribution in [0.5, 0.6) is 0 Å². The van der Waals surface area contributed by atoms with Crippen LogP contribution in [0.1, 0.15) is 30.0 Å². The van der Waals surface area contributed by atoms with Gasteiger partial charge in [0.15, 0.2) is 0 Å². The summed E-state index contributed by atoms with van der Waals surface area (Å²) in [5, 5.41) is 3.43. The van der Waals surface area contributed by atoms with Crippen LogP contribution in [0.25, 0.3) is 0 Å². The van der Waals surface area contributed by atoms with Gasteiger partial charge in [-0.3, -0.25) is 14.6 Å². The molecule has 2 aliphatic heterocycles. The zero-order valence-corrected chi connectivity index (χ0v) is 18.7. The first kappa shape index (κ1) is 22.0. The van der Waals surface area contributed by atoms with Crippen molar-refractivity contribution in [3.63, 3.8) is 0 Å². The van der Waals surface area contributed by atoms with Gasteiger partial charge >= 0.3 is 0 Å². The highest BCUT2D eigenvalue weighted by molar-refractivity contribution is 5.79. The lowest BCUT2D eigenvalue weighted by atomic mass is 9.95. The number of benzene rings is 2. The van der Waals surface area contributed by atoms with E-state index in [1.54, 1.807) is 0 Å². The minimum absolute atomic E-state index is 0.0432. The minimum Gasteiger partial charge on any atom is -0.348 e. The van der Waals surface area contributed by atoms with Gasteiger partial charge in [-0.05, 0) is 37.6 Å². The van der Waals surface area contributed by atoms with Crippen LogP contribution in [0.15, 0.2) is 60.7 Å². The fraction of sp³-hybridized carbons (Fsp3) is 0.500. The number of nitrogens with one attached hydrogen (secondary N) is 1. The average molecular weight is 421 g/mol. The second kappa shape index (κ2) is 10.9. The zero-order valence-electron chi connectivity index (χ0n) is 18.7. The Morgan fingerprint density at radius 1 is 0.935 bits per heavy atom. The van der Waals surface area contributed by atoms with Gasteiger partial charge in [0.25, 0.3) is 0 Å². The molecule has 2 heterocycles. The highest BCUT2D eigenvalue weighted by atomic mass is 16.2. The van der Waals surface area contributed by atoms with E-state index in [4.69, 9.17) is 0 Å². The molecule has 2 fully saturated rings. The van der Waals surface area contributed by atoms with Crippen LogP contribution >= 0.6 is 0 Å². The lowest BCUT2D eigenvalue weighted by Gasteiger charge is -2.36. The van der Waals surface area contributed by atoms with Gasteiger partial charge in [-0.2, -0.15) is 0 Å². The molecule has 4 rings (SSSR count). The van der Waals surface area contributed by atoms with Gasteiger partial charge in [0.2, 0.25) is 5.91 Å². The summed E-state index contributed by atoms with van der Waals surface area (Å²) < 4.78 is 0. The first-order valence-electron chi connectivity index (χ1n) is 11.7. The van der Waals surface area contributed by atoms with E-state index in [1.165, 1.54) is 11.1 Å². The summed E-state index contributed by atoms with van der Waals surface area (Å²) in [7, 11) is 2.18. The van der Waals surface area contributed by atoms with Gasteiger partial charge in [0, 0.05) is 45.8 Å². The Morgan fingerprint density at radius 2 is 1.61 bits per heavy atom. The fourth-order valence-electron chi connectivity index (χ4n) is 4.75. The van der Waals surface area contributed by atoms with Gasteiger partial charge in [-0.1, -0.05) is 60.7 Å². The molecule has 0 saturated carbocycles. The van der Waals surface area contributed by atoms with Crippen molar-refractivity contribution in [2.45, 2.75) is 25.4 Å². The normalized spacial score (nSPS) is 22.2. The smallest absolute Gasteiger partial charge is 0.224 e. The molecule has 2 aliphatic rings. The monoisotopic (exact) mass is 420 g/mol. The van der Waals surface area contributed by atoms with Crippen molar-refractivity contribution in [2.24, 2.45) is 5.92 Å². The largest absolute Gasteiger partial charge is 0.348 e. The number of likely N-dealkylation sites (N-methyl/N-ethyl adjacent to an activating group) is 1. The average Bonchev–Trinajstić information content (AvgIpc) is 2.81. The Kier molecular flexibility index (Phi) is 7.73. The van der Waals surface area contributed by atoms with Gasteiger partial charge < -0.3 is 10.2 Å². The Hall–Kier alpha value is -2.21. The molecule has 0 spiro atoms. The Balaban J connectivity index is 1.38. The molecular formula is C26H36N4O. The third-order valence-corrected chi connectivity index (χ3v) is 6.68. The van der Waals surface area contributed by atoms with Gasteiger partial charge in [-0.25, -0.2) is 0 Å². The van der Waals surface area contributed by atoms with E-state index in [-0.39, 0.29) is 17.9 Å². The Bertz CT molecular complexity index is 805. The van der Waals surface area contributed by atoms with Crippen molar-refractivity contribution in [3.05, 3.63) is 71.8 Å². The van der Waals surface area contributed by atoms with Crippen molar-refractivity contribution >= 4 is 5.91 Å². The van der Waals surface area contributed by atoms with Crippen LogP contribution in [0, 0.1) is 5.92 Å². The van der Waals surface area contributed by atoms with Gasteiger partial charge in [-0.15, -0.1) is 0 Å². The lowest BCUT2D eigenvalue weighted by molar-refractivity contribution is -0.127. The predicted molar refractivity (Wildman–Crippen MR) is 126 cm³/mol. The molecule has 5 heteroatoms. The fourth-order valence-corrected chi connectivity index (χ4v) is 4.75. The van der Waals surface area contributed by atoms with Crippen molar-refractivity contribution in [1.29, 1.82) is 0 Å². The molecule has 31 heavy (non-hydrogen) atoms.